The first-order chi connectivity index (χ1) is 6.18. The van der Waals surface area contributed by atoms with Crippen LogP contribution >= 0.6 is 0 Å². The fourth-order valence-electron chi connectivity index (χ4n) is 1.73. The number of aliphatic hydroxyl groups excluding tert-OH is 1. The molecule has 1 aliphatic carbocycles. The van der Waals surface area contributed by atoms with Gasteiger partial charge in [-0.1, -0.05) is 30.3 Å². The van der Waals surface area contributed by atoms with Crippen LogP contribution in [-0.2, 0) is 0 Å². The average Bonchev–Trinajstić information content (AvgIpc) is 2.69. The molecular weight excluding hydrogens is 174 g/mol. The van der Waals surface area contributed by atoms with E-state index >= 15 is 0 Å². The Labute approximate surface area is 75.0 Å². The van der Waals surface area contributed by atoms with Crippen molar-refractivity contribution in [3.05, 3.63) is 35.9 Å². The van der Waals surface area contributed by atoms with E-state index in [1.54, 1.807) is 30.3 Å². The summed E-state index contributed by atoms with van der Waals surface area (Å²) in [5, 5.41) is 8.69. The van der Waals surface area contributed by atoms with Gasteiger partial charge in [0.05, 0.1) is 18.4 Å². The van der Waals surface area contributed by atoms with E-state index in [-0.39, 0.29) is 0 Å². The fraction of sp³-hybridized carbons (Fsp3) is 0.400. The maximum absolute atomic E-state index is 13.0. The number of alkyl halides is 2. The molecule has 3 heteroatoms. The van der Waals surface area contributed by atoms with Crippen molar-refractivity contribution in [2.45, 2.75) is 11.8 Å². The molecule has 1 N–H and O–H groups in total. The van der Waals surface area contributed by atoms with Crippen molar-refractivity contribution < 1.29 is 13.9 Å². The molecule has 1 fully saturated rings. The number of halogens is 2. The van der Waals surface area contributed by atoms with Crippen molar-refractivity contribution in [3.8, 4) is 0 Å². The van der Waals surface area contributed by atoms with Crippen LogP contribution in [0.3, 0.4) is 0 Å². The topological polar surface area (TPSA) is 20.2 Å². The van der Waals surface area contributed by atoms with E-state index in [4.69, 9.17) is 5.11 Å². The van der Waals surface area contributed by atoms with E-state index in [0.29, 0.717) is 5.56 Å². The molecule has 1 aromatic carbocycles. The smallest absolute Gasteiger partial charge is 0.261 e. The maximum Gasteiger partial charge on any atom is 0.261 e. The number of hydrogen-bond donors (Lipinski definition) is 1. The van der Waals surface area contributed by atoms with Gasteiger partial charge in [-0.15, -0.1) is 0 Å². The molecule has 0 spiro atoms. The molecule has 1 saturated carbocycles. The normalized spacial score (nSPS) is 30.1. The van der Waals surface area contributed by atoms with Crippen LogP contribution in [0.5, 0.6) is 0 Å². The van der Waals surface area contributed by atoms with Crippen LogP contribution in [0.2, 0.25) is 0 Å². The van der Waals surface area contributed by atoms with E-state index < -0.39 is 24.4 Å². The Bertz CT molecular complexity index is 297. The fourth-order valence-corrected chi connectivity index (χ4v) is 1.73. The SMILES string of the molecule is OC[C@@H]1[C@H](c2ccccc2)C1(F)F. The van der Waals surface area contributed by atoms with Gasteiger partial charge >= 0.3 is 0 Å². The number of rotatable bonds is 2. The molecule has 0 aliphatic heterocycles. The van der Waals surface area contributed by atoms with Gasteiger partial charge in [0.15, 0.2) is 0 Å². The minimum atomic E-state index is -2.71. The van der Waals surface area contributed by atoms with Crippen molar-refractivity contribution in [2.75, 3.05) is 6.61 Å². The number of hydrogen-bond acceptors (Lipinski definition) is 1. The third-order valence-corrected chi connectivity index (χ3v) is 2.56. The van der Waals surface area contributed by atoms with E-state index in [1.165, 1.54) is 0 Å². The Kier molecular flexibility index (Phi) is 1.84. The van der Waals surface area contributed by atoms with Gasteiger partial charge in [-0.25, -0.2) is 8.78 Å². The van der Waals surface area contributed by atoms with Gasteiger partial charge in [-0.3, -0.25) is 0 Å². The molecule has 13 heavy (non-hydrogen) atoms. The molecule has 1 nitrogen and oxygen atoms in total. The van der Waals surface area contributed by atoms with Gasteiger partial charge in [-0.05, 0) is 5.56 Å². The molecule has 1 aromatic rings. The van der Waals surface area contributed by atoms with Crippen LogP contribution in [0.1, 0.15) is 11.5 Å². The van der Waals surface area contributed by atoms with Crippen LogP contribution < -0.4 is 0 Å². The minimum absolute atomic E-state index is 0.438. The zero-order valence-corrected chi connectivity index (χ0v) is 6.95. The second-order valence-electron chi connectivity index (χ2n) is 3.35. The van der Waals surface area contributed by atoms with Gasteiger partial charge in [0.25, 0.3) is 5.92 Å². The van der Waals surface area contributed by atoms with E-state index in [2.05, 4.69) is 0 Å². The quantitative estimate of drug-likeness (QED) is 0.745. The van der Waals surface area contributed by atoms with Crippen molar-refractivity contribution in [1.29, 1.82) is 0 Å². The third-order valence-electron chi connectivity index (χ3n) is 2.56. The number of aliphatic hydroxyl groups is 1. The third kappa shape index (κ3) is 1.23. The molecule has 0 aromatic heterocycles. The van der Waals surface area contributed by atoms with Gasteiger partial charge in [0.2, 0.25) is 0 Å². The van der Waals surface area contributed by atoms with E-state index in [1.807, 2.05) is 0 Å². The molecule has 0 bridgehead atoms. The van der Waals surface area contributed by atoms with Gasteiger partial charge < -0.3 is 5.11 Å². The van der Waals surface area contributed by atoms with Crippen LogP contribution in [0, 0.1) is 5.92 Å². The maximum atomic E-state index is 13.0. The molecule has 1 aliphatic rings. The summed E-state index contributed by atoms with van der Waals surface area (Å²) in [4.78, 5) is 0. The Morgan fingerprint density at radius 1 is 1.23 bits per heavy atom. The highest BCUT2D eigenvalue weighted by atomic mass is 19.3. The van der Waals surface area contributed by atoms with E-state index in [0.717, 1.165) is 0 Å². The first-order valence-corrected chi connectivity index (χ1v) is 4.21. The Morgan fingerprint density at radius 3 is 2.31 bits per heavy atom. The molecule has 2 atom stereocenters. The summed E-state index contributed by atoms with van der Waals surface area (Å²) in [5.74, 6) is -4.37. The monoisotopic (exact) mass is 184 g/mol. The number of benzene rings is 1. The minimum Gasteiger partial charge on any atom is -0.396 e. The molecule has 0 unspecified atom stereocenters. The van der Waals surface area contributed by atoms with Crippen molar-refractivity contribution >= 4 is 0 Å². The molecular formula is C10H10F2O. The highest BCUT2D eigenvalue weighted by Gasteiger charge is 2.68. The summed E-state index contributed by atoms with van der Waals surface area (Å²) in [6, 6.07) is 8.61. The van der Waals surface area contributed by atoms with Crippen LogP contribution in [-0.4, -0.2) is 17.6 Å². The summed E-state index contributed by atoms with van der Waals surface area (Å²) in [7, 11) is 0. The van der Waals surface area contributed by atoms with Gasteiger partial charge in [-0.2, -0.15) is 0 Å². The standard InChI is InChI=1S/C10H10F2O/c11-10(12)8(6-13)9(10)7-4-2-1-3-5-7/h1-5,8-9,13H,6H2/t8-,9+/m1/s1. The largest absolute Gasteiger partial charge is 0.396 e. The van der Waals surface area contributed by atoms with Crippen molar-refractivity contribution in [2.24, 2.45) is 5.92 Å². The lowest BCUT2D eigenvalue weighted by atomic mass is 10.1. The van der Waals surface area contributed by atoms with Crippen LogP contribution in [0.4, 0.5) is 8.78 Å². The van der Waals surface area contributed by atoms with Crippen molar-refractivity contribution in [3.63, 3.8) is 0 Å². The Hall–Kier alpha value is -0.960. The average molecular weight is 184 g/mol. The first-order valence-electron chi connectivity index (χ1n) is 4.21. The molecule has 2 rings (SSSR count). The molecule has 0 heterocycles. The van der Waals surface area contributed by atoms with Crippen molar-refractivity contribution in [1.82, 2.24) is 0 Å². The predicted molar refractivity (Wildman–Crippen MR) is 44.7 cm³/mol. The molecule has 0 amide bonds. The summed E-state index contributed by atoms with van der Waals surface area (Å²) in [6.07, 6.45) is 0. The summed E-state index contributed by atoms with van der Waals surface area (Å²) < 4.78 is 26.0. The van der Waals surface area contributed by atoms with Gasteiger partial charge in [0, 0.05) is 0 Å². The van der Waals surface area contributed by atoms with Crippen LogP contribution in [0.25, 0.3) is 0 Å². The first kappa shape index (κ1) is 8.63. The zero-order valence-electron chi connectivity index (χ0n) is 6.95. The zero-order chi connectivity index (χ0) is 9.47. The highest BCUT2D eigenvalue weighted by Crippen LogP contribution is 2.61. The Morgan fingerprint density at radius 2 is 1.85 bits per heavy atom. The van der Waals surface area contributed by atoms with E-state index in [9.17, 15) is 8.78 Å². The summed E-state index contributed by atoms with van der Waals surface area (Å²) >= 11 is 0. The lowest BCUT2D eigenvalue weighted by Crippen LogP contribution is -1.97. The second-order valence-corrected chi connectivity index (χ2v) is 3.35. The highest BCUT2D eigenvalue weighted by molar-refractivity contribution is 5.32. The molecule has 70 valence electrons. The second kappa shape index (κ2) is 2.77. The van der Waals surface area contributed by atoms with Gasteiger partial charge in [0.1, 0.15) is 0 Å². The summed E-state index contributed by atoms with van der Waals surface area (Å²) in [5.41, 5.74) is 0.617. The summed E-state index contributed by atoms with van der Waals surface area (Å²) in [6.45, 7) is -0.438. The molecule has 0 saturated heterocycles. The lowest BCUT2D eigenvalue weighted by Gasteiger charge is -1.96. The Balaban J connectivity index is 2.22. The lowest BCUT2D eigenvalue weighted by molar-refractivity contribution is 0.0785. The predicted octanol–water partition coefficient (Wildman–Crippen LogP) is 2.03. The molecule has 0 radical (unpaired) electrons. The van der Waals surface area contributed by atoms with Crippen LogP contribution in [0.15, 0.2) is 30.3 Å².